The second kappa shape index (κ2) is 5.47. The van der Waals surface area contributed by atoms with Gasteiger partial charge in [0.25, 0.3) is 0 Å². The molecule has 2 heterocycles. The molecule has 2 rings (SSSR count). The van der Waals surface area contributed by atoms with Crippen LogP contribution in [0.25, 0.3) is 0 Å². The topological polar surface area (TPSA) is 41.6 Å². The lowest BCUT2D eigenvalue weighted by molar-refractivity contribution is -0.129. The molecule has 0 aliphatic carbocycles. The van der Waals surface area contributed by atoms with Crippen molar-refractivity contribution in [1.29, 1.82) is 0 Å². The Hall–Kier alpha value is -0.610. The minimum Gasteiger partial charge on any atom is -0.380 e. The predicted molar refractivity (Wildman–Crippen MR) is 57.7 cm³/mol. The van der Waals surface area contributed by atoms with E-state index in [1.165, 1.54) is 0 Å². The van der Waals surface area contributed by atoms with Crippen molar-refractivity contribution >= 4 is 5.91 Å². The molecule has 2 saturated heterocycles. The third-order valence-electron chi connectivity index (χ3n) is 3.16. The maximum Gasteiger partial charge on any atom is 0.236 e. The van der Waals surface area contributed by atoms with E-state index in [9.17, 15) is 4.79 Å². The van der Waals surface area contributed by atoms with E-state index in [1.807, 2.05) is 4.90 Å². The summed E-state index contributed by atoms with van der Waals surface area (Å²) in [6, 6.07) is 0.380. The van der Waals surface area contributed by atoms with E-state index in [2.05, 4.69) is 5.32 Å². The van der Waals surface area contributed by atoms with Gasteiger partial charge in [0, 0.05) is 25.7 Å². The molecule has 4 nitrogen and oxygen atoms in total. The number of likely N-dealkylation sites (tertiary alicyclic amines) is 1. The number of carbonyl (C=O) groups excluding carboxylic acids is 1. The molecule has 2 aliphatic heterocycles. The number of amides is 1. The second-order valence-corrected chi connectivity index (χ2v) is 4.38. The summed E-state index contributed by atoms with van der Waals surface area (Å²) in [5.74, 6) is 0.248. The fourth-order valence-corrected chi connectivity index (χ4v) is 2.21. The minimum absolute atomic E-state index is 0.248. The Morgan fingerprint density at radius 1 is 1.33 bits per heavy atom. The van der Waals surface area contributed by atoms with Crippen LogP contribution in [0.3, 0.4) is 0 Å². The monoisotopic (exact) mass is 212 g/mol. The minimum atomic E-state index is 0.248. The van der Waals surface area contributed by atoms with Crippen LogP contribution in [0.5, 0.6) is 0 Å². The van der Waals surface area contributed by atoms with Crippen molar-refractivity contribution in [2.75, 3.05) is 32.8 Å². The number of hydrogen-bond acceptors (Lipinski definition) is 3. The molecule has 0 radical (unpaired) electrons. The molecule has 86 valence electrons. The Balaban J connectivity index is 1.65. The highest BCUT2D eigenvalue weighted by Gasteiger charge is 2.19. The molecule has 0 aromatic heterocycles. The van der Waals surface area contributed by atoms with Gasteiger partial charge in [-0.15, -0.1) is 0 Å². The fraction of sp³-hybridized carbons (Fsp3) is 0.909. The van der Waals surface area contributed by atoms with Crippen LogP contribution in [-0.2, 0) is 9.53 Å². The molecule has 0 bridgehead atoms. The summed E-state index contributed by atoms with van der Waals surface area (Å²) in [4.78, 5) is 13.7. The average molecular weight is 212 g/mol. The van der Waals surface area contributed by atoms with Crippen molar-refractivity contribution < 1.29 is 9.53 Å². The van der Waals surface area contributed by atoms with Crippen molar-refractivity contribution in [1.82, 2.24) is 10.2 Å². The summed E-state index contributed by atoms with van der Waals surface area (Å²) in [5, 5.41) is 3.28. The van der Waals surface area contributed by atoms with Crippen LogP contribution in [0.4, 0.5) is 0 Å². The SMILES string of the molecule is O=C(CNC1CCCOC1)N1CCCC1. The lowest BCUT2D eigenvalue weighted by atomic mass is 10.1. The first-order chi connectivity index (χ1) is 7.36. The summed E-state index contributed by atoms with van der Waals surface area (Å²) >= 11 is 0. The van der Waals surface area contributed by atoms with Crippen molar-refractivity contribution in [2.45, 2.75) is 31.7 Å². The molecule has 1 amide bonds. The zero-order valence-corrected chi connectivity index (χ0v) is 9.21. The zero-order valence-electron chi connectivity index (χ0n) is 9.21. The third-order valence-corrected chi connectivity index (χ3v) is 3.16. The van der Waals surface area contributed by atoms with Gasteiger partial charge in [0.15, 0.2) is 0 Å². The summed E-state index contributed by atoms with van der Waals surface area (Å²) in [6.45, 7) is 4.00. The highest BCUT2D eigenvalue weighted by Crippen LogP contribution is 2.08. The lowest BCUT2D eigenvalue weighted by Gasteiger charge is -2.24. The van der Waals surface area contributed by atoms with Crippen LogP contribution >= 0.6 is 0 Å². The number of carbonyl (C=O) groups is 1. The zero-order chi connectivity index (χ0) is 10.5. The average Bonchev–Trinajstić information content (AvgIpc) is 2.81. The van der Waals surface area contributed by atoms with Gasteiger partial charge in [0.2, 0.25) is 5.91 Å². The number of nitrogens with one attached hydrogen (secondary N) is 1. The van der Waals surface area contributed by atoms with E-state index >= 15 is 0 Å². The molecule has 1 unspecified atom stereocenters. The molecule has 0 saturated carbocycles. The number of hydrogen-bond donors (Lipinski definition) is 1. The first kappa shape index (κ1) is 10.9. The van der Waals surface area contributed by atoms with Crippen LogP contribution < -0.4 is 5.32 Å². The highest BCUT2D eigenvalue weighted by molar-refractivity contribution is 5.78. The van der Waals surface area contributed by atoms with E-state index in [1.54, 1.807) is 0 Å². The normalized spacial score (nSPS) is 26.9. The summed E-state index contributed by atoms with van der Waals surface area (Å²) < 4.78 is 5.35. The first-order valence-electron chi connectivity index (χ1n) is 5.95. The molecular weight excluding hydrogens is 192 g/mol. The maximum absolute atomic E-state index is 11.7. The van der Waals surface area contributed by atoms with Crippen molar-refractivity contribution in [2.24, 2.45) is 0 Å². The Labute approximate surface area is 91.0 Å². The van der Waals surface area contributed by atoms with Crippen LogP contribution in [0.2, 0.25) is 0 Å². The molecule has 1 atom stereocenters. The number of ether oxygens (including phenoxy) is 1. The maximum atomic E-state index is 11.7. The van der Waals surface area contributed by atoms with Crippen molar-refractivity contribution in [3.8, 4) is 0 Å². The second-order valence-electron chi connectivity index (χ2n) is 4.38. The van der Waals surface area contributed by atoms with Crippen LogP contribution in [0.1, 0.15) is 25.7 Å². The van der Waals surface area contributed by atoms with Crippen LogP contribution in [0.15, 0.2) is 0 Å². The fourth-order valence-electron chi connectivity index (χ4n) is 2.21. The standard InChI is InChI=1S/C11H20N2O2/c14-11(13-5-1-2-6-13)8-12-10-4-3-7-15-9-10/h10,12H,1-9H2. The summed E-state index contributed by atoms with van der Waals surface area (Å²) in [7, 11) is 0. The number of rotatable bonds is 3. The molecule has 4 heteroatoms. The Morgan fingerprint density at radius 3 is 2.80 bits per heavy atom. The van der Waals surface area contributed by atoms with E-state index < -0.39 is 0 Å². The van der Waals surface area contributed by atoms with Gasteiger partial charge in [-0.1, -0.05) is 0 Å². The molecule has 0 spiro atoms. The van der Waals surface area contributed by atoms with Gasteiger partial charge >= 0.3 is 0 Å². The van der Waals surface area contributed by atoms with Gasteiger partial charge in [-0.25, -0.2) is 0 Å². The van der Waals surface area contributed by atoms with Gasteiger partial charge in [-0.3, -0.25) is 4.79 Å². The molecule has 2 fully saturated rings. The van der Waals surface area contributed by atoms with E-state index in [0.717, 1.165) is 52.0 Å². The molecule has 0 aromatic carbocycles. The van der Waals surface area contributed by atoms with Crippen LogP contribution in [-0.4, -0.2) is 49.7 Å². The smallest absolute Gasteiger partial charge is 0.236 e. The van der Waals surface area contributed by atoms with Crippen LogP contribution in [0, 0.1) is 0 Å². The largest absolute Gasteiger partial charge is 0.380 e. The lowest BCUT2D eigenvalue weighted by Crippen LogP contribution is -2.43. The summed E-state index contributed by atoms with van der Waals surface area (Å²) in [5.41, 5.74) is 0. The Morgan fingerprint density at radius 2 is 2.13 bits per heavy atom. The van der Waals surface area contributed by atoms with Gasteiger partial charge in [0.05, 0.1) is 13.2 Å². The first-order valence-corrected chi connectivity index (χ1v) is 5.95. The van der Waals surface area contributed by atoms with Crippen molar-refractivity contribution in [3.63, 3.8) is 0 Å². The predicted octanol–water partition coefficient (Wildman–Crippen LogP) is 0.377. The Bertz CT molecular complexity index is 209. The molecule has 2 aliphatic rings. The quantitative estimate of drug-likeness (QED) is 0.735. The van der Waals surface area contributed by atoms with Gasteiger partial charge in [-0.2, -0.15) is 0 Å². The van der Waals surface area contributed by atoms with Crippen molar-refractivity contribution in [3.05, 3.63) is 0 Å². The molecule has 15 heavy (non-hydrogen) atoms. The number of nitrogens with zero attached hydrogens (tertiary/aromatic N) is 1. The van der Waals surface area contributed by atoms with Gasteiger partial charge in [0.1, 0.15) is 0 Å². The molecule has 1 N–H and O–H groups in total. The van der Waals surface area contributed by atoms with E-state index in [0.29, 0.717) is 12.6 Å². The molecule has 0 aromatic rings. The van der Waals surface area contributed by atoms with Gasteiger partial charge in [-0.05, 0) is 25.7 Å². The Kier molecular flexibility index (Phi) is 3.97. The van der Waals surface area contributed by atoms with E-state index in [4.69, 9.17) is 4.74 Å². The third kappa shape index (κ3) is 3.18. The van der Waals surface area contributed by atoms with Gasteiger partial charge < -0.3 is 15.0 Å². The summed E-state index contributed by atoms with van der Waals surface area (Å²) in [6.07, 6.45) is 4.57. The van der Waals surface area contributed by atoms with E-state index in [-0.39, 0.29) is 5.91 Å². The highest BCUT2D eigenvalue weighted by atomic mass is 16.5. The molecular formula is C11H20N2O2.